The van der Waals surface area contributed by atoms with E-state index in [-0.39, 0.29) is 18.6 Å². The molecule has 0 bridgehead atoms. The van der Waals surface area contributed by atoms with Crippen LogP contribution in [0.5, 0.6) is 5.75 Å². The van der Waals surface area contributed by atoms with Crippen molar-refractivity contribution in [1.29, 1.82) is 0 Å². The summed E-state index contributed by atoms with van der Waals surface area (Å²) in [7, 11) is 0. The molecule has 3 rings (SSSR count). The van der Waals surface area contributed by atoms with Crippen molar-refractivity contribution in [2.24, 2.45) is 5.73 Å². The highest BCUT2D eigenvalue weighted by Crippen LogP contribution is 2.25. The molecule has 0 spiro atoms. The van der Waals surface area contributed by atoms with Crippen molar-refractivity contribution in [1.82, 2.24) is 10.2 Å². The predicted molar refractivity (Wildman–Crippen MR) is 95.7 cm³/mol. The minimum Gasteiger partial charge on any atom is -0.484 e. The average molecular weight is 357 g/mol. The van der Waals surface area contributed by atoms with Crippen molar-refractivity contribution < 1.29 is 18.7 Å². The zero-order valence-electron chi connectivity index (χ0n) is 14.5. The molecule has 0 unspecified atom stereocenters. The maximum absolute atomic E-state index is 12.4. The minimum absolute atomic E-state index is 0.0367. The van der Waals surface area contributed by atoms with Crippen LogP contribution in [-0.4, -0.2) is 43.0 Å². The second-order valence-corrected chi connectivity index (χ2v) is 6.26. The van der Waals surface area contributed by atoms with E-state index in [1.807, 2.05) is 12.1 Å². The van der Waals surface area contributed by atoms with Crippen LogP contribution >= 0.6 is 0 Å². The summed E-state index contributed by atoms with van der Waals surface area (Å²) in [5, 5.41) is 2.98. The highest BCUT2D eigenvalue weighted by molar-refractivity contribution is 5.94. The van der Waals surface area contributed by atoms with Gasteiger partial charge in [-0.25, -0.2) is 0 Å². The van der Waals surface area contributed by atoms with Gasteiger partial charge in [0.25, 0.3) is 11.8 Å². The van der Waals surface area contributed by atoms with E-state index in [9.17, 15) is 9.59 Å². The van der Waals surface area contributed by atoms with Crippen molar-refractivity contribution in [3.05, 3.63) is 54.0 Å². The standard InChI is InChI=1S/C19H23N3O4/c20-18(23)13-26-15-7-5-14(6-8-15)19(24)21-12-16(17-4-3-11-25-17)22-9-1-2-10-22/h3-8,11,16H,1-2,9-10,12-13H2,(H2,20,23)(H,21,24)/t16-/m1/s1. The fraction of sp³-hybridized carbons (Fsp3) is 0.368. The van der Waals surface area contributed by atoms with Gasteiger partial charge in [0.15, 0.2) is 6.61 Å². The first-order valence-corrected chi connectivity index (χ1v) is 8.70. The van der Waals surface area contributed by atoms with Crippen LogP contribution in [0.1, 0.15) is 35.0 Å². The van der Waals surface area contributed by atoms with Crippen molar-refractivity contribution in [2.75, 3.05) is 26.2 Å². The molecular weight excluding hydrogens is 334 g/mol. The fourth-order valence-electron chi connectivity index (χ4n) is 3.09. The van der Waals surface area contributed by atoms with E-state index in [1.54, 1.807) is 30.5 Å². The Labute approximate surface area is 152 Å². The number of hydrogen-bond acceptors (Lipinski definition) is 5. The quantitative estimate of drug-likeness (QED) is 0.749. The number of ether oxygens (including phenoxy) is 1. The van der Waals surface area contributed by atoms with Gasteiger partial charge < -0.3 is 20.2 Å². The molecule has 138 valence electrons. The lowest BCUT2D eigenvalue weighted by molar-refractivity contribution is -0.119. The van der Waals surface area contributed by atoms with Crippen LogP contribution < -0.4 is 15.8 Å². The van der Waals surface area contributed by atoms with Crippen LogP contribution in [-0.2, 0) is 4.79 Å². The Hall–Kier alpha value is -2.80. The average Bonchev–Trinajstić information content (AvgIpc) is 3.35. The van der Waals surface area contributed by atoms with Gasteiger partial charge in [-0.15, -0.1) is 0 Å². The summed E-state index contributed by atoms with van der Waals surface area (Å²) in [5.41, 5.74) is 5.56. The maximum atomic E-state index is 12.4. The molecule has 1 aromatic carbocycles. The molecule has 1 aliphatic heterocycles. The molecule has 1 aromatic heterocycles. The molecule has 2 heterocycles. The van der Waals surface area contributed by atoms with Crippen molar-refractivity contribution in [2.45, 2.75) is 18.9 Å². The van der Waals surface area contributed by atoms with E-state index < -0.39 is 5.91 Å². The summed E-state index contributed by atoms with van der Waals surface area (Å²) >= 11 is 0. The number of rotatable bonds is 8. The molecule has 1 aliphatic rings. The largest absolute Gasteiger partial charge is 0.484 e. The molecule has 7 heteroatoms. The number of nitrogens with two attached hydrogens (primary N) is 1. The molecular formula is C19H23N3O4. The number of nitrogens with zero attached hydrogens (tertiary/aromatic N) is 1. The lowest BCUT2D eigenvalue weighted by atomic mass is 10.1. The summed E-state index contributed by atoms with van der Waals surface area (Å²) in [5.74, 6) is 0.646. The van der Waals surface area contributed by atoms with E-state index in [0.717, 1.165) is 31.7 Å². The zero-order valence-corrected chi connectivity index (χ0v) is 14.5. The highest BCUT2D eigenvalue weighted by atomic mass is 16.5. The van der Waals surface area contributed by atoms with Gasteiger partial charge >= 0.3 is 0 Å². The topological polar surface area (TPSA) is 97.8 Å². The monoisotopic (exact) mass is 357 g/mol. The van der Waals surface area contributed by atoms with Gasteiger partial charge in [-0.05, 0) is 62.3 Å². The summed E-state index contributed by atoms with van der Waals surface area (Å²) in [4.78, 5) is 25.5. The SMILES string of the molecule is NC(=O)COc1ccc(C(=O)NC[C@H](c2ccco2)N2CCCC2)cc1. The fourth-order valence-corrected chi connectivity index (χ4v) is 3.09. The lowest BCUT2D eigenvalue weighted by Gasteiger charge is -2.26. The van der Waals surface area contributed by atoms with Gasteiger partial charge in [-0.3, -0.25) is 14.5 Å². The number of amides is 2. The Morgan fingerprint density at radius 1 is 1.19 bits per heavy atom. The third kappa shape index (κ3) is 4.64. The number of hydrogen-bond donors (Lipinski definition) is 2. The Morgan fingerprint density at radius 2 is 1.92 bits per heavy atom. The van der Waals surface area contributed by atoms with Crippen LogP contribution in [0.3, 0.4) is 0 Å². The first kappa shape index (κ1) is 18.0. The van der Waals surface area contributed by atoms with Gasteiger partial charge in [0, 0.05) is 12.1 Å². The number of likely N-dealkylation sites (tertiary alicyclic amines) is 1. The second-order valence-electron chi connectivity index (χ2n) is 6.26. The molecule has 2 amide bonds. The van der Waals surface area contributed by atoms with Crippen molar-refractivity contribution >= 4 is 11.8 Å². The number of benzene rings is 1. The molecule has 3 N–H and O–H groups in total. The molecule has 0 radical (unpaired) electrons. The van der Waals surface area contributed by atoms with E-state index >= 15 is 0 Å². The van der Waals surface area contributed by atoms with E-state index in [1.165, 1.54) is 0 Å². The Kier molecular flexibility index (Phi) is 5.91. The van der Waals surface area contributed by atoms with Crippen LogP contribution in [0.15, 0.2) is 47.1 Å². The van der Waals surface area contributed by atoms with Crippen LogP contribution in [0.25, 0.3) is 0 Å². The summed E-state index contributed by atoms with van der Waals surface area (Å²) < 4.78 is 10.8. The summed E-state index contributed by atoms with van der Waals surface area (Å²) in [6.07, 6.45) is 3.99. The third-order valence-corrected chi connectivity index (χ3v) is 4.41. The van der Waals surface area contributed by atoms with Crippen LogP contribution in [0.4, 0.5) is 0 Å². The Morgan fingerprint density at radius 3 is 2.54 bits per heavy atom. The van der Waals surface area contributed by atoms with Gasteiger partial charge in [-0.1, -0.05) is 0 Å². The highest BCUT2D eigenvalue weighted by Gasteiger charge is 2.26. The smallest absolute Gasteiger partial charge is 0.255 e. The lowest BCUT2D eigenvalue weighted by Crippen LogP contribution is -2.36. The summed E-state index contributed by atoms with van der Waals surface area (Å²) in [6, 6.07) is 10.4. The van der Waals surface area contributed by atoms with E-state index in [4.69, 9.17) is 14.9 Å². The molecule has 0 saturated carbocycles. The van der Waals surface area contributed by atoms with Gasteiger partial charge in [0.1, 0.15) is 11.5 Å². The van der Waals surface area contributed by atoms with Crippen LogP contribution in [0.2, 0.25) is 0 Å². The molecule has 26 heavy (non-hydrogen) atoms. The zero-order chi connectivity index (χ0) is 18.4. The minimum atomic E-state index is -0.544. The summed E-state index contributed by atoms with van der Waals surface area (Å²) in [6.45, 7) is 2.30. The number of primary amides is 1. The third-order valence-electron chi connectivity index (χ3n) is 4.41. The van der Waals surface area contributed by atoms with Gasteiger partial charge in [-0.2, -0.15) is 0 Å². The first-order chi connectivity index (χ1) is 12.6. The first-order valence-electron chi connectivity index (χ1n) is 8.70. The normalized spacial score (nSPS) is 15.5. The molecule has 0 aliphatic carbocycles. The predicted octanol–water partition coefficient (Wildman–Crippen LogP) is 1.71. The number of furan rings is 1. The van der Waals surface area contributed by atoms with Crippen molar-refractivity contribution in [3.63, 3.8) is 0 Å². The number of carbonyl (C=O) groups excluding carboxylic acids is 2. The molecule has 1 fully saturated rings. The molecule has 2 aromatic rings. The van der Waals surface area contributed by atoms with Crippen molar-refractivity contribution in [3.8, 4) is 5.75 Å². The Bertz CT molecular complexity index is 722. The van der Waals surface area contributed by atoms with Gasteiger partial charge in [0.05, 0.1) is 12.3 Å². The molecule has 7 nitrogen and oxygen atoms in total. The second kappa shape index (κ2) is 8.53. The van der Waals surface area contributed by atoms with Crippen LogP contribution in [0, 0.1) is 0 Å². The van der Waals surface area contributed by atoms with Gasteiger partial charge in [0.2, 0.25) is 0 Å². The number of nitrogens with one attached hydrogen (secondary N) is 1. The van der Waals surface area contributed by atoms with E-state index in [2.05, 4.69) is 10.2 Å². The molecule has 1 atom stereocenters. The number of carbonyl (C=O) groups is 2. The van der Waals surface area contributed by atoms with E-state index in [0.29, 0.717) is 17.9 Å². The maximum Gasteiger partial charge on any atom is 0.255 e. The Balaban J connectivity index is 1.58. The molecule has 1 saturated heterocycles.